The van der Waals surface area contributed by atoms with Gasteiger partial charge in [-0.05, 0) is 45.7 Å². The number of nitrogens with zero attached hydrogens (tertiary/aromatic N) is 3. The Morgan fingerprint density at radius 3 is 2.48 bits per heavy atom. The van der Waals surface area contributed by atoms with Crippen molar-refractivity contribution < 1.29 is 19.0 Å². The van der Waals surface area contributed by atoms with E-state index >= 15 is 0 Å². The molecule has 1 amide bonds. The number of carbonyl (C=O) groups excluding carboxylic acids is 1. The van der Waals surface area contributed by atoms with Crippen LogP contribution in [0.1, 0.15) is 33.6 Å². The summed E-state index contributed by atoms with van der Waals surface area (Å²) in [5.74, 6) is 0.961. The first-order chi connectivity index (χ1) is 12.9. The molecule has 1 aromatic carbocycles. The second-order valence-corrected chi connectivity index (χ2v) is 7.77. The Morgan fingerprint density at radius 2 is 1.85 bits per heavy atom. The molecule has 0 saturated carbocycles. The number of para-hydroxylation sites is 2. The van der Waals surface area contributed by atoms with Gasteiger partial charge in [0.2, 0.25) is 0 Å². The zero-order valence-corrected chi connectivity index (χ0v) is 16.4. The van der Waals surface area contributed by atoms with Crippen LogP contribution >= 0.6 is 0 Å². The molecule has 3 rings (SSSR count). The number of carbonyl (C=O) groups is 1. The van der Waals surface area contributed by atoms with E-state index in [0.717, 1.165) is 23.9 Å². The lowest BCUT2D eigenvalue weighted by atomic mass is 9.99. The van der Waals surface area contributed by atoms with Gasteiger partial charge in [0.15, 0.2) is 0 Å². The number of hydrogen-bond donors (Lipinski definition) is 0. The molecule has 0 N–H and O–H groups in total. The average molecular weight is 373 g/mol. The van der Waals surface area contributed by atoms with Crippen LogP contribution in [0.15, 0.2) is 24.3 Å². The predicted molar refractivity (Wildman–Crippen MR) is 102 cm³/mol. The molecular weight excluding hydrogens is 346 g/mol. The van der Waals surface area contributed by atoms with Gasteiger partial charge >= 0.3 is 6.09 Å². The number of benzene rings is 1. The van der Waals surface area contributed by atoms with Gasteiger partial charge in [0.1, 0.15) is 5.60 Å². The van der Waals surface area contributed by atoms with Gasteiger partial charge in [-0.25, -0.2) is 14.8 Å². The van der Waals surface area contributed by atoms with Crippen LogP contribution in [-0.2, 0) is 4.74 Å². The molecule has 1 atom stereocenters. The van der Waals surface area contributed by atoms with Crippen molar-refractivity contribution in [3.8, 4) is 11.8 Å². The van der Waals surface area contributed by atoms with Crippen LogP contribution in [0.4, 0.5) is 4.79 Å². The van der Waals surface area contributed by atoms with Gasteiger partial charge in [-0.15, -0.1) is 0 Å². The van der Waals surface area contributed by atoms with Crippen molar-refractivity contribution in [2.24, 2.45) is 5.92 Å². The Labute approximate surface area is 159 Å². The molecule has 1 fully saturated rings. The van der Waals surface area contributed by atoms with Crippen molar-refractivity contribution in [1.82, 2.24) is 14.9 Å². The van der Waals surface area contributed by atoms with E-state index in [1.807, 2.05) is 45.0 Å². The highest BCUT2D eigenvalue weighted by Gasteiger charge is 2.28. The topological polar surface area (TPSA) is 73.8 Å². The third-order valence-corrected chi connectivity index (χ3v) is 4.33. The van der Waals surface area contributed by atoms with Gasteiger partial charge in [0, 0.05) is 19.0 Å². The fourth-order valence-corrected chi connectivity index (χ4v) is 3.08. The van der Waals surface area contributed by atoms with Crippen LogP contribution in [0.25, 0.3) is 11.0 Å². The maximum Gasteiger partial charge on any atom is 0.410 e. The fourth-order valence-electron chi connectivity index (χ4n) is 3.08. The maximum atomic E-state index is 12.3. The number of rotatable bonds is 4. The zero-order chi connectivity index (χ0) is 19.4. The summed E-state index contributed by atoms with van der Waals surface area (Å²) in [4.78, 5) is 23.0. The largest absolute Gasteiger partial charge is 0.477 e. The van der Waals surface area contributed by atoms with Gasteiger partial charge in [-0.1, -0.05) is 12.1 Å². The van der Waals surface area contributed by atoms with Gasteiger partial charge in [-0.2, -0.15) is 0 Å². The van der Waals surface area contributed by atoms with Gasteiger partial charge in [0.05, 0.1) is 24.8 Å². The van der Waals surface area contributed by atoms with Gasteiger partial charge in [0.25, 0.3) is 11.8 Å². The predicted octanol–water partition coefficient (Wildman–Crippen LogP) is 3.66. The van der Waals surface area contributed by atoms with Crippen molar-refractivity contribution in [1.29, 1.82) is 0 Å². The number of piperidine rings is 1. The number of aromatic nitrogens is 2. The Morgan fingerprint density at radius 1 is 1.19 bits per heavy atom. The quantitative estimate of drug-likeness (QED) is 0.814. The lowest BCUT2D eigenvalue weighted by Crippen LogP contribution is -2.44. The smallest absolute Gasteiger partial charge is 0.410 e. The van der Waals surface area contributed by atoms with Crippen LogP contribution in [0.2, 0.25) is 0 Å². The van der Waals surface area contributed by atoms with E-state index in [4.69, 9.17) is 14.2 Å². The summed E-state index contributed by atoms with van der Waals surface area (Å²) in [6.45, 7) is 7.39. The lowest BCUT2D eigenvalue weighted by Gasteiger charge is -2.33. The van der Waals surface area contributed by atoms with Crippen LogP contribution in [0.5, 0.6) is 11.8 Å². The molecule has 0 bridgehead atoms. The highest BCUT2D eigenvalue weighted by atomic mass is 16.6. The molecular formula is C20H27N3O4. The minimum Gasteiger partial charge on any atom is -0.477 e. The SMILES string of the molecule is COc1nc2ccccc2nc1OC[C@H]1CCCN(C(=O)OC(C)(C)C)C1. The molecule has 7 heteroatoms. The van der Waals surface area contributed by atoms with Crippen LogP contribution < -0.4 is 9.47 Å². The molecule has 1 aliphatic heterocycles. The third kappa shape index (κ3) is 4.99. The molecule has 1 saturated heterocycles. The minimum absolute atomic E-state index is 0.212. The summed E-state index contributed by atoms with van der Waals surface area (Å²) in [5.41, 5.74) is 1.02. The number of fused-ring (bicyclic) bond motifs is 1. The second-order valence-electron chi connectivity index (χ2n) is 7.77. The van der Waals surface area contributed by atoms with Crippen molar-refractivity contribution in [3.05, 3.63) is 24.3 Å². The van der Waals surface area contributed by atoms with Crippen molar-refractivity contribution >= 4 is 17.1 Å². The molecule has 1 aromatic heterocycles. The molecule has 1 aliphatic rings. The number of hydrogen-bond acceptors (Lipinski definition) is 6. The van der Waals surface area contributed by atoms with Crippen LogP contribution in [-0.4, -0.2) is 53.4 Å². The zero-order valence-electron chi connectivity index (χ0n) is 16.4. The van der Waals surface area contributed by atoms with Crippen LogP contribution in [0.3, 0.4) is 0 Å². The normalized spacial score (nSPS) is 17.6. The van der Waals surface area contributed by atoms with E-state index in [9.17, 15) is 4.79 Å². The number of amides is 1. The standard InChI is InChI=1S/C20H27N3O4/c1-20(2,3)27-19(24)23-11-7-8-14(12-23)13-26-18-17(25-4)21-15-9-5-6-10-16(15)22-18/h5-6,9-10,14H,7-8,11-13H2,1-4H3/t14-/m0/s1. The Kier molecular flexibility index (Phi) is 5.68. The van der Waals surface area contributed by atoms with Crippen molar-refractivity contribution in [2.45, 2.75) is 39.2 Å². The number of methoxy groups -OCH3 is 1. The first kappa shape index (κ1) is 19.2. The number of likely N-dealkylation sites (tertiary alicyclic amines) is 1. The third-order valence-electron chi connectivity index (χ3n) is 4.33. The molecule has 27 heavy (non-hydrogen) atoms. The molecule has 0 unspecified atom stereocenters. The second kappa shape index (κ2) is 7.98. The molecule has 146 valence electrons. The van der Waals surface area contributed by atoms with E-state index in [-0.39, 0.29) is 12.0 Å². The molecule has 0 radical (unpaired) electrons. The van der Waals surface area contributed by atoms with Gasteiger partial charge < -0.3 is 19.1 Å². The minimum atomic E-state index is -0.491. The van der Waals surface area contributed by atoms with Crippen molar-refractivity contribution in [3.63, 3.8) is 0 Å². The summed E-state index contributed by atoms with van der Waals surface area (Å²) in [6, 6.07) is 7.59. The molecule has 7 nitrogen and oxygen atoms in total. The highest BCUT2D eigenvalue weighted by Crippen LogP contribution is 2.27. The Bertz CT molecular complexity index is 803. The van der Waals surface area contributed by atoms with E-state index < -0.39 is 5.60 Å². The fraction of sp³-hybridized carbons (Fsp3) is 0.550. The summed E-state index contributed by atoms with van der Waals surface area (Å²) >= 11 is 0. The number of ether oxygens (including phenoxy) is 3. The Hall–Kier alpha value is -2.57. The van der Waals surface area contributed by atoms with Crippen molar-refractivity contribution in [2.75, 3.05) is 26.8 Å². The summed E-state index contributed by atoms with van der Waals surface area (Å²) in [6.07, 6.45) is 1.64. The molecule has 0 aliphatic carbocycles. The van der Waals surface area contributed by atoms with E-state index in [2.05, 4.69) is 9.97 Å². The summed E-state index contributed by atoms with van der Waals surface area (Å²) in [7, 11) is 1.55. The average Bonchev–Trinajstić information content (AvgIpc) is 2.64. The van der Waals surface area contributed by atoms with E-state index in [0.29, 0.717) is 31.5 Å². The van der Waals surface area contributed by atoms with Crippen LogP contribution in [0, 0.1) is 5.92 Å². The molecule has 2 aromatic rings. The Balaban J connectivity index is 1.64. The van der Waals surface area contributed by atoms with Gasteiger partial charge in [-0.3, -0.25) is 0 Å². The van der Waals surface area contributed by atoms with E-state index in [1.165, 1.54) is 0 Å². The first-order valence-corrected chi connectivity index (χ1v) is 9.27. The summed E-state index contributed by atoms with van der Waals surface area (Å²) < 4.78 is 16.7. The lowest BCUT2D eigenvalue weighted by molar-refractivity contribution is 0.0137. The molecule has 0 spiro atoms. The molecule has 2 heterocycles. The monoisotopic (exact) mass is 373 g/mol. The summed E-state index contributed by atoms with van der Waals surface area (Å²) in [5, 5.41) is 0. The first-order valence-electron chi connectivity index (χ1n) is 9.27. The maximum absolute atomic E-state index is 12.3. The van der Waals surface area contributed by atoms with E-state index in [1.54, 1.807) is 12.0 Å². The highest BCUT2D eigenvalue weighted by molar-refractivity contribution is 5.75.